The van der Waals surface area contributed by atoms with E-state index in [1.807, 2.05) is 31.2 Å². The topological polar surface area (TPSA) is 34.1 Å². The normalized spacial score (nSPS) is 12.2. The van der Waals surface area contributed by atoms with Gasteiger partial charge in [0, 0.05) is 24.3 Å². The van der Waals surface area contributed by atoms with Gasteiger partial charge in [0.05, 0.1) is 17.2 Å². The summed E-state index contributed by atoms with van der Waals surface area (Å²) in [5.41, 5.74) is 1.97. The molecule has 2 rings (SSSR count). The van der Waals surface area contributed by atoms with Crippen molar-refractivity contribution in [3.8, 4) is 5.88 Å². The smallest absolute Gasteiger partial charge is 0.217 e. The maximum Gasteiger partial charge on any atom is 0.217 e. The van der Waals surface area contributed by atoms with Crippen LogP contribution in [0.3, 0.4) is 0 Å². The largest absolute Gasteiger partial charge is 0.481 e. The Morgan fingerprint density at radius 3 is 2.80 bits per heavy atom. The second-order valence-corrected chi connectivity index (χ2v) is 5.20. The second-order valence-electron chi connectivity index (χ2n) is 4.42. The lowest BCUT2D eigenvalue weighted by Gasteiger charge is -2.17. The molecule has 106 valence electrons. The quantitative estimate of drug-likeness (QED) is 0.896. The van der Waals surface area contributed by atoms with Gasteiger partial charge in [0.2, 0.25) is 5.88 Å². The second kappa shape index (κ2) is 6.93. The zero-order chi connectivity index (χ0) is 14.5. The van der Waals surface area contributed by atoms with Gasteiger partial charge in [-0.3, -0.25) is 0 Å². The van der Waals surface area contributed by atoms with Gasteiger partial charge in [-0.25, -0.2) is 4.98 Å². The minimum Gasteiger partial charge on any atom is -0.481 e. The summed E-state index contributed by atoms with van der Waals surface area (Å²) in [6.45, 7) is 2.68. The molecular formula is C15H16Cl2N2O. The van der Waals surface area contributed by atoms with E-state index in [-0.39, 0.29) is 6.04 Å². The Bertz CT molecular complexity index is 590. The van der Waals surface area contributed by atoms with Gasteiger partial charge in [0.15, 0.2) is 0 Å². The van der Waals surface area contributed by atoms with E-state index >= 15 is 0 Å². The Balaban J connectivity index is 2.09. The van der Waals surface area contributed by atoms with Gasteiger partial charge in [-0.2, -0.15) is 0 Å². The molecular weight excluding hydrogens is 295 g/mol. The molecule has 0 bridgehead atoms. The summed E-state index contributed by atoms with van der Waals surface area (Å²) in [5.74, 6) is 0.629. The van der Waals surface area contributed by atoms with Crippen LogP contribution >= 0.6 is 23.2 Å². The fourth-order valence-corrected chi connectivity index (χ4v) is 2.44. The molecule has 1 atom stereocenters. The summed E-state index contributed by atoms with van der Waals surface area (Å²) in [5, 5.41) is 4.55. The van der Waals surface area contributed by atoms with Gasteiger partial charge in [-0.15, -0.1) is 0 Å². The van der Waals surface area contributed by atoms with Crippen molar-refractivity contribution >= 4 is 23.2 Å². The molecule has 0 fully saturated rings. The average molecular weight is 311 g/mol. The molecule has 0 saturated heterocycles. The molecule has 20 heavy (non-hydrogen) atoms. The predicted molar refractivity (Wildman–Crippen MR) is 82.5 cm³/mol. The van der Waals surface area contributed by atoms with E-state index < -0.39 is 0 Å². The number of nitrogens with zero attached hydrogens (tertiary/aromatic N) is 1. The molecule has 0 saturated carbocycles. The molecule has 0 aliphatic rings. The van der Waals surface area contributed by atoms with Crippen molar-refractivity contribution in [1.29, 1.82) is 0 Å². The fourth-order valence-electron chi connectivity index (χ4n) is 1.97. The van der Waals surface area contributed by atoms with Crippen LogP contribution in [0.4, 0.5) is 0 Å². The van der Waals surface area contributed by atoms with Crippen LogP contribution in [0.15, 0.2) is 36.5 Å². The third-order valence-electron chi connectivity index (χ3n) is 3.09. The molecule has 1 aromatic heterocycles. The summed E-state index contributed by atoms with van der Waals surface area (Å²) in [6, 6.07) is 9.58. The first-order valence-electron chi connectivity index (χ1n) is 6.28. The van der Waals surface area contributed by atoms with Crippen molar-refractivity contribution in [3.63, 3.8) is 0 Å². The highest BCUT2D eigenvalue weighted by atomic mass is 35.5. The lowest BCUT2D eigenvalue weighted by Crippen LogP contribution is -2.19. The number of nitrogens with one attached hydrogen (secondary N) is 1. The predicted octanol–water partition coefficient (Wildman–Crippen LogP) is 4.25. The number of hydrogen-bond donors (Lipinski definition) is 1. The zero-order valence-electron chi connectivity index (χ0n) is 11.4. The third-order valence-corrected chi connectivity index (χ3v) is 3.92. The average Bonchev–Trinajstić information content (AvgIpc) is 2.48. The first kappa shape index (κ1) is 15.1. The minimum absolute atomic E-state index is 0.0751. The van der Waals surface area contributed by atoms with Crippen molar-refractivity contribution in [3.05, 3.63) is 57.7 Å². The maximum atomic E-state index is 6.22. The SMILES string of the molecule is COc1ncccc1CNC(C)c1cccc(Cl)c1Cl. The van der Waals surface area contributed by atoms with Crippen molar-refractivity contribution < 1.29 is 4.74 Å². The Morgan fingerprint density at radius 2 is 2.05 bits per heavy atom. The molecule has 1 N–H and O–H groups in total. The Labute approximate surface area is 128 Å². The summed E-state index contributed by atoms with van der Waals surface area (Å²) in [6.07, 6.45) is 1.71. The monoisotopic (exact) mass is 310 g/mol. The van der Waals surface area contributed by atoms with Crippen LogP contribution in [-0.2, 0) is 6.54 Å². The van der Waals surface area contributed by atoms with E-state index in [2.05, 4.69) is 10.3 Å². The van der Waals surface area contributed by atoms with Crippen LogP contribution in [0.1, 0.15) is 24.1 Å². The number of halogens is 2. The zero-order valence-corrected chi connectivity index (χ0v) is 12.9. The third kappa shape index (κ3) is 3.42. The summed E-state index contributed by atoms with van der Waals surface area (Å²) < 4.78 is 5.23. The molecule has 0 radical (unpaired) electrons. The van der Waals surface area contributed by atoms with Crippen LogP contribution in [0, 0.1) is 0 Å². The van der Waals surface area contributed by atoms with E-state index in [0.717, 1.165) is 11.1 Å². The van der Waals surface area contributed by atoms with E-state index in [0.29, 0.717) is 22.5 Å². The maximum absolute atomic E-state index is 6.22. The molecule has 0 aliphatic carbocycles. The van der Waals surface area contributed by atoms with Crippen LogP contribution in [0.2, 0.25) is 10.0 Å². The van der Waals surface area contributed by atoms with E-state index in [9.17, 15) is 0 Å². The van der Waals surface area contributed by atoms with Gasteiger partial charge < -0.3 is 10.1 Å². The first-order valence-corrected chi connectivity index (χ1v) is 7.04. The highest BCUT2D eigenvalue weighted by Gasteiger charge is 2.12. The Kier molecular flexibility index (Phi) is 5.24. The van der Waals surface area contributed by atoms with E-state index in [4.69, 9.17) is 27.9 Å². The molecule has 1 heterocycles. The molecule has 0 spiro atoms. The molecule has 0 amide bonds. The number of hydrogen-bond acceptors (Lipinski definition) is 3. The van der Waals surface area contributed by atoms with Gasteiger partial charge >= 0.3 is 0 Å². The van der Waals surface area contributed by atoms with E-state index in [1.54, 1.807) is 19.4 Å². The number of benzene rings is 1. The van der Waals surface area contributed by atoms with Gasteiger partial charge in [0.25, 0.3) is 0 Å². The number of pyridine rings is 1. The molecule has 2 aromatic rings. The molecule has 0 aliphatic heterocycles. The van der Waals surface area contributed by atoms with Crippen LogP contribution in [0.5, 0.6) is 5.88 Å². The highest BCUT2D eigenvalue weighted by molar-refractivity contribution is 6.42. The lowest BCUT2D eigenvalue weighted by molar-refractivity contribution is 0.389. The van der Waals surface area contributed by atoms with Crippen molar-refractivity contribution in [2.24, 2.45) is 0 Å². The van der Waals surface area contributed by atoms with Gasteiger partial charge in [0.1, 0.15) is 0 Å². The molecule has 1 aromatic carbocycles. The van der Waals surface area contributed by atoms with Gasteiger partial charge in [-0.1, -0.05) is 41.4 Å². The van der Waals surface area contributed by atoms with Crippen molar-refractivity contribution in [2.75, 3.05) is 7.11 Å². The Morgan fingerprint density at radius 1 is 1.25 bits per heavy atom. The van der Waals surface area contributed by atoms with Crippen LogP contribution in [0.25, 0.3) is 0 Å². The Hall–Kier alpha value is -1.29. The molecule has 3 nitrogen and oxygen atoms in total. The number of ether oxygens (including phenoxy) is 1. The van der Waals surface area contributed by atoms with E-state index in [1.165, 1.54) is 0 Å². The summed E-state index contributed by atoms with van der Waals surface area (Å²) >= 11 is 12.3. The highest BCUT2D eigenvalue weighted by Crippen LogP contribution is 2.30. The summed E-state index contributed by atoms with van der Waals surface area (Å²) in [7, 11) is 1.61. The standard InChI is InChI=1S/C15H16Cl2N2O/c1-10(12-6-3-7-13(16)14(12)17)19-9-11-5-4-8-18-15(11)20-2/h3-8,10,19H,9H2,1-2H3. The van der Waals surface area contributed by atoms with Crippen molar-refractivity contribution in [1.82, 2.24) is 10.3 Å². The van der Waals surface area contributed by atoms with Crippen molar-refractivity contribution in [2.45, 2.75) is 19.5 Å². The molecule has 1 unspecified atom stereocenters. The number of aromatic nitrogens is 1. The fraction of sp³-hybridized carbons (Fsp3) is 0.267. The van der Waals surface area contributed by atoms with Crippen LogP contribution in [-0.4, -0.2) is 12.1 Å². The number of methoxy groups -OCH3 is 1. The van der Waals surface area contributed by atoms with Gasteiger partial charge in [-0.05, 0) is 24.6 Å². The first-order chi connectivity index (χ1) is 9.63. The summed E-state index contributed by atoms with van der Waals surface area (Å²) in [4.78, 5) is 4.17. The lowest BCUT2D eigenvalue weighted by atomic mass is 10.1. The number of rotatable bonds is 5. The molecule has 5 heteroatoms. The van der Waals surface area contributed by atoms with Crippen LogP contribution < -0.4 is 10.1 Å². The minimum atomic E-state index is 0.0751.